The fourth-order valence-electron chi connectivity index (χ4n) is 5.58. The number of hydrogen-bond donors (Lipinski definition) is 3. The van der Waals surface area contributed by atoms with Crippen molar-refractivity contribution < 1.29 is 14.7 Å². The summed E-state index contributed by atoms with van der Waals surface area (Å²) in [6.07, 6.45) is 2.84. The summed E-state index contributed by atoms with van der Waals surface area (Å²) >= 11 is 0. The Hall–Kier alpha value is -5.07. The zero-order valence-corrected chi connectivity index (χ0v) is 23.5. The first-order chi connectivity index (χ1) is 20.6. The van der Waals surface area contributed by atoms with E-state index < -0.39 is 5.91 Å². The number of carbonyl (C=O) groups excluding carboxylic acids is 1. The highest BCUT2D eigenvalue weighted by Gasteiger charge is 2.11. The van der Waals surface area contributed by atoms with E-state index in [2.05, 4.69) is 83.5 Å². The number of ether oxygens (including phenoxy) is 1. The molecule has 0 unspecified atom stereocenters. The molecule has 5 aromatic carbocycles. The van der Waals surface area contributed by atoms with Gasteiger partial charge in [-0.05, 0) is 65.9 Å². The lowest BCUT2D eigenvalue weighted by molar-refractivity contribution is 0.0706. The number of aromatic nitrogens is 1. The summed E-state index contributed by atoms with van der Waals surface area (Å²) in [6.45, 7) is 4.25. The molecule has 0 saturated carbocycles. The SMILES string of the molecule is CCn1c2ccccc2c2cc(NC/C(=C/c3ccc(C(=O)NO)cc3)CCOc3cccc4ccccc34)ccc21. The third kappa shape index (κ3) is 5.57. The van der Waals surface area contributed by atoms with Crippen LogP contribution < -0.4 is 15.5 Å². The second-order valence-corrected chi connectivity index (χ2v) is 10.3. The van der Waals surface area contributed by atoms with Crippen LogP contribution in [-0.2, 0) is 6.54 Å². The molecule has 42 heavy (non-hydrogen) atoms. The van der Waals surface area contributed by atoms with E-state index >= 15 is 0 Å². The molecule has 6 rings (SSSR count). The number of amides is 1. The summed E-state index contributed by atoms with van der Waals surface area (Å²) < 4.78 is 8.63. The highest BCUT2D eigenvalue weighted by atomic mass is 16.5. The van der Waals surface area contributed by atoms with Crippen LogP contribution in [0.25, 0.3) is 38.7 Å². The number of anilines is 1. The van der Waals surface area contributed by atoms with Gasteiger partial charge in [0.2, 0.25) is 0 Å². The van der Waals surface area contributed by atoms with Gasteiger partial charge in [-0.15, -0.1) is 0 Å². The highest BCUT2D eigenvalue weighted by molar-refractivity contribution is 6.09. The Morgan fingerprint density at radius 1 is 0.833 bits per heavy atom. The summed E-state index contributed by atoms with van der Waals surface area (Å²) in [5.74, 6) is 0.341. The standard InChI is InChI=1S/C36H33N3O3/c1-2-39-33-12-6-5-11-31(33)32-23-29(18-19-34(32)39)37-24-26(22-25-14-16-28(17-15-25)36(40)38-41)20-21-42-35-13-7-9-27-8-3-4-10-30(27)35/h3-19,22-23,37,41H,2,20-21,24H2,1H3,(H,38,40)/b26-22+. The molecule has 0 fully saturated rings. The lowest BCUT2D eigenvalue weighted by Gasteiger charge is -2.14. The first-order valence-electron chi connectivity index (χ1n) is 14.2. The van der Waals surface area contributed by atoms with Crippen LogP contribution in [0.3, 0.4) is 0 Å². The van der Waals surface area contributed by atoms with Gasteiger partial charge in [0.15, 0.2) is 0 Å². The molecule has 1 heterocycles. The van der Waals surface area contributed by atoms with E-state index in [9.17, 15) is 4.79 Å². The molecule has 0 bridgehead atoms. The van der Waals surface area contributed by atoms with Gasteiger partial charge in [0, 0.05) is 58.0 Å². The van der Waals surface area contributed by atoms with E-state index in [0.717, 1.165) is 39.9 Å². The summed E-state index contributed by atoms with van der Waals surface area (Å²) in [7, 11) is 0. The van der Waals surface area contributed by atoms with Gasteiger partial charge in [0.1, 0.15) is 5.75 Å². The Balaban J connectivity index is 1.24. The van der Waals surface area contributed by atoms with Crippen molar-refractivity contribution >= 4 is 50.2 Å². The predicted molar refractivity (Wildman–Crippen MR) is 171 cm³/mol. The van der Waals surface area contributed by atoms with E-state index in [4.69, 9.17) is 9.94 Å². The maximum atomic E-state index is 11.8. The average molecular weight is 556 g/mol. The number of hydrogen-bond acceptors (Lipinski definition) is 4. The Bertz CT molecular complexity index is 1900. The molecule has 1 aromatic heterocycles. The number of nitrogens with zero attached hydrogens (tertiary/aromatic N) is 1. The van der Waals surface area contributed by atoms with Crippen molar-refractivity contribution in [2.75, 3.05) is 18.5 Å². The topological polar surface area (TPSA) is 75.5 Å². The molecule has 0 radical (unpaired) electrons. The smallest absolute Gasteiger partial charge is 0.274 e. The van der Waals surface area contributed by atoms with Crippen molar-refractivity contribution in [2.24, 2.45) is 0 Å². The first-order valence-corrected chi connectivity index (χ1v) is 14.2. The summed E-state index contributed by atoms with van der Waals surface area (Å²) in [5.41, 5.74) is 7.73. The number of nitrogens with one attached hydrogen (secondary N) is 2. The van der Waals surface area contributed by atoms with Crippen molar-refractivity contribution in [1.29, 1.82) is 0 Å². The van der Waals surface area contributed by atoms with Crippen LogP contribution in [-0.4, -0.2) is 28.8 Å². The van der Waals surface area contributed by atoms with Crippen LogP contribution in [0.5, 0.6) is 5.75 Å². The molecule has 6 heteroatoms. The summed E-state index contributed by atoms with van der Waals surface area (Å²) in [5, 5.41) is 17.3. The lowest BCUT2D eigenvalue weighted by Crippen LogP contribution is -2.18. The van der Waals surface area contributed by atoms with Gasteiger partial charge in [-0.3, -0.25) is 10.0 Å². The van der Waals surface area contributed by atoms with Gasteiger partial charge in [-0.25, -0.2) is 5.48 Å². The maximum absolute atomic E-state index is 11.8. The molecule has 0 aliphatic rings. The van der Waals surface area contributed by atoms with E-state index in [0.29, 0.717) is 25.1 Å². The van der Waals surface area contributed by atoms with E-state index in [-0.39, 0.29) is 0 Å². The van der Waals surface area contributed by atoms with Gasteiger partial charge in [-0.1, -0.05) is 72.8 Å². The minimum absolute atomic E-state index is 0.396. The van der Waals surface area contributed by atoms with Crippen LogP contribution in [0.1, 0.15) is 29.3 Å². The number of para-hydroxylation sites is 1. The van der Waals surface area contributed by atoms with Crippen molar-refractivity contribution in [3.05, 3.63) is 126 Å². The monoisotopic (exact) mass is 555 g/mol. The van der Waals surface area contributed by atoms with Gasteiger partial charge in [0.05, 0.1) is 6.61 Å². The normalized spacial score (nSPS) is 11.7. The van der Waals surface area contributed by atoms with Crippen molar-refractivity contribution in [3.63, 3.8) is 0 Å². The molecule has 0 saturated heterocycles. The van der Waals surface area contributed by atoms with Gasteiger partial charge in [-0.2, -0.15) is 0 Å². The molecule has 1 amide bonds. The second-order valence-electron chi connectivity index (χ2n) is 10.3. The van der Waals surface area contributed by atoms with E-state index in [1.165, 1.54) is 21.8 Å². The lowest BCUT2D eigenvalue weighted by atomic mass is 10.1. The number of carbonyl (C=O) groups is 1. The van der Waals surface area contributed by atoms with Crippen LogP contribution >= 0.6 is 0 Å². The molecule has 3 N–H and O–H groups in total. The van der Waals surface area contributed by atoms with E-state index in [1.54, 1.807) is 17.6 Å². The fraction of sp³-hybridized carbons (Fsp3) is 0.139. The van der Waals surface area contributed by atoms with Gasteiger partial charge < -0.3 is 14.6 Å². The molecule has 0 atom stereocenters. The fourth-order valence-corrected chi connectivity index (χ4v) is 5.58. The quantitative estimate of drug-likeness (QED) is 0.118. The van der Waals surface area contributed by atoms with Crippen LogP contribution in [0.4, 0.5) is 5.69 Å². The third-order valence-corrected chi connectivity index (χ3v) is 7.68. The Morgan fingerprint density at radius 2 is 1.57 bits per heavy atom. The van der Waals surface area contributed by atoms with Crippen LogP contribution in [0.15, 0.2) is 115 Å². The zero-order chi connectivity index (χ0) is 28.9. The van der Waals surface area contributed by atoms with Crippen LogP contribution in [0, 0.1) is 0 Å². The average Bonchev–Trinajstić information content (AvgIpc) is 3.36. The summed E-state index contributed by atoms with van der Waals surface area (Å²) in [4.78, 5) is 11.8. The largest absolute Gasteiger partial charge is 0.493 e. The predicted octanol–water partition coefficient (Wildman–Crippen LogP) is 8.05. The summed E-state index contributed by atoms with van der Waals surface area (Å²) in [6, 6.07) is 36.6. The number of fused-ring (bicyclic) bond motifs is 4. The Labute approximate surface area is 244 Å². The number of rotatable bonds is 10. The number of aryl methyl sites for hydroxylation is 1. The van der Waals surface area contributed by atoms with Crippen molar-refractivity contribution in [3.8, 4) is 5.75 Å². The molecular formula is C36H33N3O3. The minimum atomic E-state index is -0.532. The second kappa shape index (κ2) is 12.2. The molecule has 0 aliphatic heterocycles. The molecule has 0 spiro atoms. The van der Waals surface area contributed by atoms with Gasteiger partial charge in [0.25, 0.3) is 5.91 Å². The van der Waals surface area contributed by atoms with Crippen molar-refractivity contribution in [2.45, 2.75) is 19.9 Å². The zero-order valence-electron chi connectivity index (χ0n) is 23.5. The molecule has 6 nitrogen and oxygen atoms in total. The minimum Gasteiger partial charge on any atom is -0.493 e. The number of benzene rings is 5. The Kier molecular flexibility index (Phi) is 7.88. The molecular weight excluding hydrogens is 522 g/mol. The molecule has 210 valence electrons. The first kappa shape index (κ1) is 27.1. The van der Waals surface area contributed by atoms with Crippen molar-refractivity contribution in [1.82, 2.24) is 10.0 Å². The van der Waals surface area contributed by atoms with Gasteiger partial charge >= 0.3 is 0 Å². The maximum Gasteiger partial charge on any atom is 0.274 e. The Morgan fingerprint density at radius 3 is 2.38 bits per heavy atom. The van der Waals surface area contributed by atoms with E-state index in [1.807, 2.05) is 36.4 Å². The molecule has 0 aliphatic carbocycles. The van der Waals surface area contributed by atoms with Crippen LogP contribution in [0.2, 0.25) is 0 Å². The third-order valence-electron chi connectivity index (χ3n) is 7.68. The highest BCUT2D eigenvalue weighted by Crippen LogP contribution is 2.31. The number of hydroxylamine groups is 1. The molecule has 6 aromatic rings.